The number of rotatable bonds is 7. The standard InChI is InChI=1S/C96H75BN4O2/c1-94(2,3)63-41-46-79-72(53-63)73-54-64(95(4,5)6)42-47-80(73)99(79)66-56-85-93-86(57-66)101(83-49-61(59-28-14-11-15-29-59)51-89-91(83)70-33-19-24-38-87(70)102-89)82-55-65(98-77-36-22-17-31-68(77)69-32-18-23-37-78(69)98)43-45-76(82)97(93)75-44-40-60(58-26-12-10-13-27-58)48-81(75)100(85)84-50-62(67-30-16-21-35-74(67)96(7,8)9)52-90-92(84)71-34-20-25-39-88(71)103-90/h10-57H,1-9H3/i10D,12D,13D,17D,18D,22D,23D,26D,27D,31D,32D,36D,37D. The molecule has 4 aromatic heterocycles. The predicted octanol–water partition coefficient (Wildman–Crippen LogP) is 24.7. The van der Waals surface area contributed by atoms with E-state index in [-0.39, 0.29) is 55.7 Å². The molecule has 494 valence electrons. The lowest BCUT2D eigenvalue weighted by molar-refractivity contribution is 0.590. The molecule has 0 bridgehead atoms. The van der Waals surface area contributed by atoms with E-state index in [1.54, 1.807) is 4.57 Å². The maximum absolute atomic E-state index is 9.87. The van der Waals surface area contributed by atoms with E-state index in [1.165, 1.54) is 0 Å². The number of furan rings is 2. The molecule has 14 aromatic carbocycles. The second kappa shape index (κ2) is 22.2. The van der Waals surface area contributed by atoms with Gasteiger partial charge in [0.25, 0.3) is 6.71 Å². The molecule has 7 heteroatoms. The summed E-state index contributed by atoms with van der Waals surface area (Å²) in [5.74, 6) is 0. The van der Waals surface area contributed by atoms with Gasteiger partial charge in [-0.25, -0.2) is 0 Å². The van der Waals surface area contributed by atoms with Gasteiger partial charge in [-0.15, -0.1) is 0 Å². The molecule has 0 unspecified atom stereocenters. The van der Waals surface area contributed by atoms with Gasteiger partial charge >= 0.3 is 0 Å². The van der Waals surface area contributed by atoms with Crippen LogP contribution in [0.25, 0.3) is 132 Å². The van der Waals surface area contributed by atoms with Crippen molar-refractivity contribution >= 4 is 145 Å². The first-order valence-corrected chi connectivity index (χ1v) is 35.2. The lowest BCUT2D eigenvalue weighted by atomic mass is 9.33. The summed E-state index contributed by atoms with van der Waals surface area (Å²) in [6.07, 6.45) is 0. The van der Waals surface area contributed by atoms with Crippen LogP contribution in [0, 0.1) is 0 Å². The van der Waals surface area contributed by atoms with E-state index >= 15 is 0 Å². The summed E-state index contributed by atoms with van der Waals surface area (Å²) in [5.41, 5.74) is 18.2. The third-order valence-corrected chi connectivity index (χ3v) is 21.4. The Morgan fingerprint density at radius 2 is 0.796 bits per heavy atom. The van der Waals surface area contributed by atoms with Gasteiger partial charge in [-0.1, -0.05) is 250 Å². The maximum Gasteiger partial charge on any atom is 0.252 e. The summed E-state index contributed by atoms with van der Waals surface area (Å²) in [6, 6.07) is 66.9. The average molecular weight is 1340 g/mol. The number of benzene rings is 14. The Kier molecular flexibility index (Phi) is 10.5. The predicted molar refractivity (Wildman–Crippen MR) is 436 cm³/mol. The van der Waals surface area contributed by atoms with Crippen molar-refractivity contribution in [2.45, 2.75) is 78.6 Å². The minimum atomic E-state index is -0.750. The smallest absolute Gasteiger partial charge is 0.252 e. The van der Waals surface area contributed by atoms with E-state index in [2.05, 4.69) is 198 Å². The lowest BCUT2D eigenvalue weighted by Gasteiger charge is -2.45. The molecule has 103 heavy (non-hydrogen) atoms. The van der Waals surface area contributed by atoms with Crippen molar-refractivity contribution in [2.75, 3.05) is 9.80 Å². The topological polar surface area (TPSA) is 42.6 Å². The Labute approximate surface area is 618 Å². The molecule has 0 spiro atoms. The summed E-state index contributed by atoms with van der Waals surface area (Å²) in [6.45, 7) is 19.3. The Hall–Kier alpha value is -12.1. The lowest BCUT2D eigenvalue weighted by Crippen LogP contribution is -2.61. The molecule has 2 aliphatic heterocycles. The highest BCUT2D eigenvalue weighted by molar-refractivity contribution is 7.00. The van der Waals surface area contributed by atoms with Crippen molar-refractivity contribution < 1.29 is 26.7 Å². The van der Waals surface area contributed by atoms with Gasteiger partial charge in [0.2, 0.25) is 0 Å². The quantitative estimate of drug-likeness (QED) is 0.149. The molecule has 2 aliphatic rings. The van der Waals surface area contributed by atoms with Crippen LogP contribution in [0.15, 0.2) is 300 Å². The summed E-state index contributed by atoms with van der Waals surface area (Å²) in [4.78, 5) is 4.60. The molecular formula is C96H75BN4O2. The van der Waals surface area contributed by atoms with Gasteiger partial charge in [-0.3, -0.25) is 0 Å². The first kappa shape index (κ1) is 48.7. The number of hydrogen-bond acceptors (Lipinski definition) is 4. The molecule has 0 fully saturated rings. The van der Waals surface area contributed by atoms with Gasteiger partial charge in [0.1, 0.15) is 22.3 Å². The monoisotopic (exact) mass is 1340 g/mol. The van der Waals surface area contributed by atoms with Crippen molar-refractivity contribution in [1.29, 1.82) is 0 Å². The molecule has 0 saturated carbocycles. The minimum Gasteiger partial charge on any atom is -0.456 e. The highest BCUT2D eigenvalue weighted by atomic mass is 16.3. The zero-order valence-electron chi connectivity index (χ0n) is 71.4. The molecule has 0 saturated heterocycles. The summed E-state index contributed by atoms with van der Waals surface area (Å²) in [7, 11) is 0. The SMILES string of the molecule is [2H]c1c([2H])c([2H])c(-c2ccc3c(c2)N(c2cc(-c4ccccc4C(C)(C)C)cc4oc5ccccc5c24)c2cc(-n4c5ccc(C(C)(C)C)cc5c5cc(C(C)(C)C)ccc54)cc4c2B3c2ccc(-n3c5c([2H])c([2H])c([2H])c([2H])c5c5c([2H])c([2H])c([2H])c([2H])c53)cc2N4c2cc(-c3ccccc3)cc3oc4ccccc4c23)c([2H])c1[2H]. The highest BCUT2D eigenvalue weighted by Crippen LogP contribution is 2.54. The number of hydrogen-bond donors (Lipinski definition) is 0. The van der Waals surface area contributed by atoms with Crippen molar-refractivity contribution in [3.63, 3.8) is 0 Å². The van der Waals surface area contributed by atoms with Crippen LogP contribution in [0.2, 0.25) is 0 Å². The number of aromatic nitrogens is 2. The second-order valence-corrected chi connectivity index (χ2v) is 30.7. The first-order chi connectivity index (χ1) is 55.4. The fourth-order valence-electron chi connectivity index (χ4n) is 16.6. The van der Waals surface area contributed by atoms with Crippen LogP contribution in [0.5, 0.6) is 0 Å². The molecule has 20 rings (SSSR count). The van der Waals surface area contributed by atoms with E-state index < -0.39 is 73.2 Å². The summed E-state index contributed by atoms with van der Waals surface area (Å²) >= 11 is 0. The fourth-order valence-corrected chi connectivity index (χ4v) is 16.6. The van der Waals surface area contributed by atoms with Gasteiger partial charge in [0.15, 0.2) is 0 Å². The van der Waals surface area contributed by atoms with Gasteiger partial charge in [-0.05, 0) is 186 Å². The van der Waals surface area contributed by atoms with E-state index in [9.17, 15) is 13.7 Å². The van der Waals surface area contributed by atoms with Crippen LogP contribution in [0.4, 0.5) is 34.1 Å². The molecule has 0 aliphatic carbocycles. The van der Waals surface area contributed by atoms with Crippen molar-refractivity contribution in [1.82, 2.24) is 9.13 Å². The third kappa shape index (κ3) is 9.34. The normalized spacial score (nSPS) is 15.0. The Morgan fingerprint density at radius 1 is 0.311 bits per heavy atom. The third-order valence-electron chi connectivity index (χ3n) is 21.4. The molecule has 6 heterocycles. The summed E-state index contributed by atoms with van der Waals surface area (Å²) < 4.78 is 141. The van der Waals surface area contributed by atoms with Crippen LogP contribution in [0.1, 0.15) is 96.8 Å². The Morgan fingerprint density at radius 3 is 1.39 bits per heavy atom. The molecule has 0 amide bonds. The molecule has 6 nitrogen and oxygen atoms in total. The van der Waals surface area contributed by atoms with Crippen LogP contribution in [-0.4, -0.2) is 15.8 Å². The average Bonchev–Trinajstić information content (AvgIpc) is 1.06. The van der Waals surface area contributed by atoms with Gasteiger partial charge < -0.3 is 27.8 Å². The van der Waals surface area contributed by atoms with E-state index in [1.807, 2.05) is 91.0 Å². The van der Waals surface area contributed by atoms with Crippen LogP contribution < -0.4 is 26.2 Å². The zero-order valence-corrected chi connectivity index (χ0v) is 58.4. The Balaban J connectivity index is 1.02. The van der Waals surface area contributed by atoms with Crippen LogP contribution in [-0.2, 0) is 16.2 Å². The van der Waals surface area contributed by atoms with Crippen molar-refractivity contribution in [2.24, 2.45) is 0 Å². The Bertz CT molecular complexity index is 7250. The minimum absolute atomic E-state index is 0.0110. The molecular weight excluding hydrogens is 1250 g/mol. The van der Waals surface area contributed by atoms with E-state index in [0.717, 1.165) is 116 Å². The molecule has 0 atom stereocenters. The molecule has 0 radical (unpaired) electrons. The number of nitrogens with zero attached hydrogens (tertiary/aromatic N) is 4. The van der Waals surface area contributed by atoms with E-state index in [4.69, 9.17) is 12.9 Å². The summed E-state index contributed by atoms with van der Waals surface area (Å²) in [5, 5.41) is 5.17. The number of fused-ring (bicyclic) bond motifs is 16. The highest BCUT2D eigenvalue weighted by Gasteiger charge is 2.46. The second-order valence-electron chi connectivity index (χ2n) is 30.7. The van der Waals surface area contributed by atoms with Gasteiger partial charge in [0, 0.05) is 60.8 Å². The first-order valence-electron chi connectivity index (χ1n) is 41.7. The van der Waals surface area contributed by atoms with Crippen molar-refractivity contribution in [3.8, 4) is 44.8 Å². The molecule has 18 aromatic rings. The zero-order chi connectivity index (χ0) is 80.8. The van der Waals surface area contributed by atoms with Crippen LogP contribution in [0.3, 0.4) is 0 Å². The number of para-hydroxylation sites is 4. The van der Waals surface area contributed by atoms with E-state index in [0.29, 0.717) is 56.3 Å². The number of anilines is 6. The molecule has 0 N–H and O–H groups in total. The maximum atomic E-state index is 9.87. The van der Waals surface area contributed by atoms with Crippen LogP contribution >= 0.6 is 0 Å². The fraction of sp³-hybridized carbons (Fsp3) is 0.125. The van der Waals surface area contributed by atoms with Gasteiger partial charge in [-0.2, -0.15) is 0 Å². The van der Waals surface area contributed by atoms with Gasteiger partial charge in [0.05, 0.1) is 67.7 Å². The van der Waals surface area contributed by atoms with Crippen molar-refractivity contribution in [3.05, 3.63) is 308 Å². The largest absolute Gasteiger partial charge is 0.456 e.